The zero-order chi connectivity index (χ0) is 12.1. The lowest BCUT2D eigenvalue weighted by Gasteiger charge is -2.27. The molecule has 2 atom stereocenters. The molecule has 0 bridgehead atoms. The Labute approximate surface area is 96.3 Å². The predicted molar refractivity (Wildman–Crippen MR) is 58.7 cm³/mol. The first-order chi connectivity index (χ1) is 7.50. The highest BCUT2D eigenvalue weighted by molar-refractivity contribution is 5.66. The second kappa shape index (κ2) is 5.87. The van der Waals surface area contributed by atoms with Crippen molar-refractivity contribution in [3.05, 3.63) is 0 Å². The van der Waals surface area contributed by atoms with Crippen LogP contribution in [0.1, 0.15) is 46.5 Å². The maximum absolute atomic E-state index is 11.0. The molecule has 0 amide bonds. The third-order valence-electron chi connectivity index (χ3n) is 3.03. The fourth-order valence-electron chi connectivity index (χ4n) is 2.22. The van der Waals surface area contributed by atoms with E-state index in [2.05, 4.69) is 0 Å². The monoisotopic (exact) mass is 228 g/mol. The van der Waals surface area contributed by atoms with E-state index in [-0.39, 0.29) is 30.1 Å². The molecule has 0 spiro atoms. The summed E-state index contributed by atoms with van der Waals surface area (Å²) in [7, 11) is 0. The minimum absolute atomic E-state index is 0.0790. The van der Waals surface area contributed by atoms with Crippen molar-refractivity contribution in [1.82, 2.24) is 0 Å². The molecule has 0 N–H and O–H groups in total. The second-order valence-corrected chi connectivity index (χ2v) is 4.44. The maximum Gasteiger partial charge on any atom is 0.302 e. The maximum atomic E-state index is 11.0. The van der Waals surface area contributed by atoms with E-state index in [9.17, 15) is 9.59 Å². The van der Waals surface area contributed by atoms with Gasteiger partial charge in [-0.15, -0.1) is 0 Å². The van der Waals surface area contributed by atoms with Crippen molar-refractivity contribution in [3.8, 4) is 0 Å². The van der Waals surface area contributed by atoms with E-state index < -0.39 is 0 Å². The quantitative estimate of drug-likeness (QED) is 0.536. The van der Waals surface area contributed by atoms with Gasteiger partial charge in [-0.2, -0.15) is 0 Å². The molecule has 0 aromatic heterocycles. The van der Waals surface area contributed by atoms with Crippen LogP contribution in [0, 0.1) is 5.92 Å². The van der Waals surface area contributed by atoms with Crippen LogP contribution >= 0.6 is 0 Å². The van der Waals surface area contributed by atoms with Crippen molar-refractivity contribution in [2.45, 2.75) is 58.7 Å². The predicted octanol–water partition coefficient (Wildman–Crippen LogP) is 2.06. The summed E-state index contributed by atoms with van der Waals surface area (Å²) in [6.45, 7) is 4.81. The van der Waals surface area contributed by atoms with Gasteiger partial charge in [0.05, 0.1) is 0 Å². The van der Waals surface area contributed by atoms with Crippen molar-refractivity contribution in [2.24, 2.45) is 5.92 Å². The van der Waals surface area contributed by atoms with Crippen LogP contribution in [-0.4, -0.2) is 24.1 Å². The first-order valence-electron chi connectivity index (χ1n) is 5.85. The summed E-state index contributed by atoms with van der Waals surface area (Å²) in [5, 5.41) is 0. The van der Waals surface area contributed by atoms with Crippen LogP contribution in [0.15, 0.2) is 0 Å². The van der Waals surface area contributed by atoms with Crippen LogP contribution in [0.2, 0.25) is 0 Å². The Bertz CT molecular complexity index is 236. The Morgan fingerprint density at radius 1 is 0.938 bits per heavy atom. The van der Waals surface area contributed by atoms with Crippen molar-refractivity contribution < 1.29 is 19.1 Å². The molecule has 0 saturated heterocycles. The Balaban J connectivity index is 2.63. The molecule has 0 aromatic carbocycles. The number of esters is 2. The standard InChI is InChI=1S/C12H20O4/c1-8-11(15-9(2)13)6-4-5-7-12(8)16-10(3)14/h8,11-12H,4-7H2,1-3H3. The first-order valence-corrected chi connectivity index (χ1v) is 5.85. The summed E-state index contributed by atoms with van der Waals surface area (Å²) in [5.74, 6) is -0.448. The molecule has 1 rings (SSSR count). The Kier molecular flexibility index (Phi) is 4.77. The number of ether oxygens (including phenoxy) is 2. The van der Waals surface area contributed by atoms with Crippen molar-refractivity contribution in [2.75, 3.05) is 0 Å². The Morgan fingerprint density at radius 2 is 1.31 bits per heavy atom. The summed E-state index contributed by atoms with van der Waals surface area (Å²) in [6, 6.07) is 0. The minimum Gasteiger partial charge on any atom is -0.462 e. The molecule has 1 saturated carbocycles. The largest absolute Gasteiger partial charge is 0.462 e. The molecule has 1 aliphatic rings. The molecular weight excluding hydrogens is 208 g/mol. The van der Waals surface area contributed by atoms with Crippen molar-refractivity contribution >= 4 is 11.9 Å². The SMILES string of the molecule is CC(=O)OC1CCCCC(OC(C)=O)C1C. The number of hydrogen-bond acceptors (Lipinski definition) is 4. The number of carbonyl (C=O) groups is 2. The molecule has 0 aromatic rings. The van der Waals surface area contributed by atoms with E-state index in [0.717, 1.165) is 25.7 Å². The average Bonchev–Trinajstić information content (AvgIpc) is 2.31. The molecule has 4 nitrogen and oxygen atoms in total. The topological polar surface area (TPSA) is 52.6 Å². The number of rotatable bonds is 2. The molecule has 2 unspecified atom stereocenters. The molecule has 1 aliphatic carbocycles. The fourth-order valence-corrected chi connectivity index (χ4v) is 2.22. The normalized spacial score (nSPS) is 30.3. The summed E-state index contributed by atoms with van der Waals surface area (Å²) in [6.07, 6.45) is 3.51. The van der Waals surface area contributed by atoms with Gasteiger partial charge in [0.15, 0.2) is 0 Å². The number of hydrogen-bond donors (Lipinski definition) is 0. The van der Waals surface area contributed by atoms with Gasteiger partial charge in [0.1, 0.15) is 12.2 Å². The zero-order valence-electron chi connectivity index (χ0n) is 10.2. The van der Waals surface area contributed by atoms with Gasteiger partial charge in [0, 0.05) is 19.8 Å². The highest BCUT2D eigenvalue weighted by Gasteiger charge is 2.32. The summed E-state index contributed by atoms with van der Waals surface area (Å²) in [5.41, 5.74) is 0. The van der Waals surface area contributed by atoms with Gasteiger partial charge in [-0.1, -0.05) is 6.92 Å². The van der Waals surface area contributed by atoms with Crippen LogP contribution < -0.4 is 0 Å². The lowest BCUT2D eigenvalue weighted by Crippen LogP contribution is -2.33. The van der Waals surface area contributed by atoms with E-state index in [4.69, 9.17) is 9.47 Å². The molecule has 0 aliphatic heterocycles. The highest BCUT2D eigenvalue weighted by atomic mass is 16.6. The summed E-state index contributed by atoms with van der Waals surface area (Å²) < 4.78 is 10.5. The van der Waals surface area contributed by atoms with Gasteiger partial charge in [-0.25, -0.2) is 0 Å². The van der Waals surface area contributed by atoms with E-state index in [1.54, 1.807) is 0 Å². The van der Waals surface area contributed by atoms with Crippen molar-refractivity contribution in [1.29, 1.82) is 0 Å². The summed E-state index contributed by atoms with van der Waals surface area (Å²) in [4.78, 5) is 21.9. The van der Waals surface area contributed by atoms with Gasteiger partial charge in [-0.05, 0) is 25.7 Å². The number of carbonyl (C=O) groups excluding carboxylic acids is 2. The van der Waals surface area contributed by atoms with Gasteiger partial charge in [-0.3, -0.25) is 9.59 Å². The minimum atomic E-state index is -0.264. The Morgan fingerprint density at radius 3 is 1.62 bits per heavy atom. The summed E-state index contributed by atoms with van der Waals surface area (Å²) >= 11 is 0. The molecule has 16 heavy (non-hydrogen) atoms. The highest BCUT2D eigenvalue weighted by Crippen LogP contribution is 2.28. The lowest BCUT2D eigenvalue weighted by atomic mass is 9.96. The molecule has 92 valence electrons. The van der Waals surface area contributed by atoms with Gasteiger partial charge in [0.2, 0.25) is 0 Å². The lowest BCUT2D eigenvalue weighted by molar-refractivity contribution is -0.157. The van der Waals surface area contributed by atoms with Crippen LogP contribution in [0.5, 0.6) is 0 Å². The van der Waals surface area contributed by atoms with Crippen LogP contribution in [0.25, 0.3) is 0 Å². The third-order valence-corrected chi connectivity index (χ3v) is 3.03. The fraction of sp³-hybridized carbons (Fsp3) is 0.833. The van der Waals surface area contributed by atoms with Crippen LogP contribution in [-0.2, 0) is 19.1 Å². The van der Waals surface area contributed by atoms with E-state index in [1.165, 1.54) is 13.8 Å². The molecule has 1 fully saturated rings. The van der Waals surface area contributed by atoms with Gasteiger partial charge < -0.3 is 9.47 Å². The van der Waals surface area contributed by atoms with Crippen molar-refractivity contribution in [3.63, 3.8) is 0 Å². The molecule has 4 heteroatoms. The van der Waals surface area contributed by atoms with E-state index in [0.29, 0.717) is 0 Å². The second-order valence-electron chi connectivity index (χ2n) is 4.44. The smallest absolute Gasteiger partial charge is 0.302 e. The van der Waals surface area contributed by atoms with E-state index in [1.807, 2.05) is 6.92 Å². The van der Waals surface area contributed by atoms with Crippen LogP contribution in [0.4, 0.5) is 0 Å². The first kappa shape index (κ1) is 13.0. The Hall–Kier alpha value is -1.06. The molecule has 0 heterocycles. The average molecular weight is 228 g/mol. The zero-order valence-corrected chi connectivity index (χ0v) is 10.2. The van der Waals surface area contributed by atoms with E-state index >= 15 is 0 Å². The van der Waals surface area contributed by atoms with Crippen LogP contribution in [0.3, 0.4) is 0 Å². The third kappa shape index (κ3) is 3.83. The molecule has 0 radical (unpaired) electrons. The van der Waals surface area contributed by atoms with Gasteiger partial charge in [0.25, 0.3) is 0 Å². The van der Waals surface area contributed by atoms with Gasteiger partial charge >= 0.3 is 11.9 Å². The molecular formula is C12H20O4.